The van der Waals surface area contributed by atoms with E-state index in [4.69, 9.17) is 28.9 Å². The molecule has 1 aromatic carbocycles. The number of nitrogen functional groups attached to an aromatic ring is 1. The van der Waals surface area contributed by atoms with E-state index in [9.17, 15) is 13.5 Å². The number of rotatable bonds is 2. The third-order valence-electron chi connectivity index (χ3n) is 3.04. The van der Waals surface area contributed by atoms with Gasteiger partial charge in [0.15, 0.2) is 0 Å². The zero-order valence-electron chi connectivity index (χ0n) is 10.2. The standard InChI is InChI=1S/C11H14Cl2N2O3S/c1-11(16)2-3-15(6-11)19(17,18)10-8(12)4-7(14)5-9(10)13/h4-5,16H,2-3,6,14H2,1H3. The Labute approximate surface area is 122 Å². The van der Waals surface area contributed by atoms with Crippen LogP contribution in [0, 0.1) is 0 Å². The summed E-state index contributed by atoms with van der Waals surface area (Å²) in [4.78, 5) is -0.164. The lowest BCUT2D eigenvalue weighted by Gasteiger charge is -2.20. The number of sulfonamides is 1. The first kappa shape index (κ1) is 14.9. The highest BCUT2D eigenvalue weighted by atomic mass is 35.5. The van der Waals surface area contributed by atoms with Crippen molar-refractivity contribution in [2.45, 2.75) is 23.8 Å². The molecule has 1 heterocycles. The molecule has 1 atom stereocenters. The summed E-state index contributed by atoms with van der Waals surface area (Å²) in [6.45, 7) is 1.84. The lowest BCUT2D eigenvalue weighted by molar-refractivity contribution is 0.0762. The fourth-order valence-corrected chi connectivity index (χ4v) is 4.80. The Balaban J connectivity index is 2.47. The Morgan fingerprint density at radius 3 is 2.32 bits per heavy atom. The summed E-state index contributed by atoms with van der Waals surface area (Å²) in [7, 11) is -3.83. The molecule has 1 aliphatic heterocycles. The summed E-state index contributed by atoms with van der Waals surface area (Å²) in [5, 5.41) is 9.83. The lowest BCUT2D eigenvalue weighted by atomic mass is 10.1. The van der Waals surface area contributed by atoms with Crippen molar-refractivity contribution >= 4 is 38.9 Å². The highest BCUT2D eigenvalue weighted by Crippen LogP contribution is 2.36. The summed E-state index contributed by atoms with van der Waals surface area (Å²) in [6.07, 6.45) is 0.371. The Morgan fingerprint density at radius 1 is 1.37 bits per heavy atom. The predicted molar refractivity (Wildman–Crippen MR) is 74.9 cm³/mol. The van der Waals surface area contributed by atoms with Gasteiger partial charge in [0.1, 0.15) is 4.90 Å². The first-order valence-electron chi connectivity index (χ1n) is 5.60. The lowest BCUT2D eigenvalue weighted by Crippen LogP contribution is -2.34. The normalized spacial score (nSPS) is 24.8. The maximum atomic E-state index is 12.5. The maximum absolute atomic E-state index is 12.5. The zero-order chi connectivity index (χ0) is 14.4. The summed E-state index contributed by atoms with van der Waals surface area (Å²) in [5.74, 6) is 0. The Kier molecular flexibility index (Phi) is 3.75. The number of nitrogens with two attached hydrogens (primary N) is 1. The van der Waals surface area contributed by atoms with Crippen LogP contribution in [-0.2, 0) is 10.0 Å². The summed E-state index contributed by atoms with van der Waals surface area (Å²) < 4.78 is 26.1. The van der Waals surface area contributed by atoms with Crippen LogP contribution in [0.3, 0.4) is 0 Å². The number of benzene rings is 1. The zero-order valence-corrected chi connectivity index (χ0v) is 12.6. The van der Waals surface area contributed by atoms with Gasteiger partial charge in [-0.15, -0.1) is 0 Å². The average molecular weight is 325 g/mol. The molecular formula is C11H14Cl2N2O3S. The van der Waals surface area contributed by atoms with E-state index < -0.39 is 15.6 Å². The molecule has 8 heteroatoms. The number of anilines is 1. The number of hydrogen-bond donors (Lipinski definition) is 2. The third kappa shape index (κ3) is 2.83. The molecule has 0 aliphatic carbocycles. The molecule has 0 spiro atoms. The predicted octanol–water partition coefficient (Wildman–Crippen LogP) is 1.72. The van der Waals surface area contributed by atoms with Gasteiger partial charge < -0.3 is 10.8 Å². The van der Waals surface area contributed by atoms with E-state index in [1.54, 1.807) is 6.92 Å². The minimum atomic E-state index is -3.83. The molecule has 1 aromatic rings. The second-order valence-corrected chi connectivity index (χ2v) is 7.59. The molecule has 1 saturated heterocycles. The number of halogens is 2. The van der Waals surface area contributed by atoms with Crippen molar-refractivity contribution in [3.63, 3.8) is 0 Å². The van der Waals surface area contributed by atoms with Gasteiger partial charge in [0, 0.05) is 18.8 Å². The van der Waals surface area contributed by atoms with Crippen LogP contribution in [-0.4, -0.2) is 36.5 Å². The second-order valence-electron chi connectivity index (χ2n) is 4.90. The van der Waals surface area contributed by atoms with Gasteiger partial charge >= 0.3 is 0 Å². The van der Waals surface area contributed by atoms with Crippen molar-refractivity contribution in [3.05, 3.63) is 22.2 Å². The van der Waals surface area contributed by atoms with Gasteiger partial charge in [-0.05, 0) is 25.5 Å². The van der Waals surface area contributed by atoms with Crippen LogP contribution in [0.4, 0.5) is 5.69 Å². The number of β-amino-alcohol motifs (C(OH)–C–C–N with tert-alkyl or cyclic N) is 1. The highest BCUT2D eigenvalue weighted by Gasteiger charge is 2.40. The molecule has 1 unspecified atom stereocenters. The molecule has 0 saturated carbocycles. The van der Waals surface area contributed by atoms with E-state index >= 15 is 0 Å². The molecule has 1 fully saturated rings. The van der Waals surface area contributed by atoms with Crippen molar-refractivity contribution < 1.29 is 13.5 Å². The van der Waals surface area contributed by atoms with Crippen LogP contribution in [0.15, 0.2) is 17.0 Å². The van der Waals surface area contributed by atoms with Crippen LogP contribution in [0.5, 0.6) is 0 Å². The van der Waals surface area contributed by atoms with Crippen molar-refractivity contribution in [1.82, 2.24) is 4.31 Å². The fraction of sp³-hybridized carbons (Fsp3) is 0.455. The van der Waals surface area contributed by atoms with Crippen molar-refractivity contribution in [1.29, 1.82) is 0 Å². The smallest absolute Gasteiger partial charge is 0.246 e. The number of aliphatic hydroxyl groups is 1. The Morgan fingerprint density at radius 2 is 1.89 bits per heavy atom. The van der Waals surface area contributed by atoms with Gasteiger partial charge in [0.25, 0.3) is 0 Å². The SMILES string of the molecule is CC1(O)CCN(S(=O)(=O)c2c(Cl)cc(N)cc2Cl)C1. The molecule has 106 valence electrons. The molecule has 1 aliphatic rings. The Hall–Kier alpha value is -0.530. The molecule has 19 heavy (non-hydrogen) atoms. The van der Waals surface area contributed by atoms with Crippen molar-refractivity contribution in [3.8, 4) is 0 Å². The molecule has 0 bridgehead atoms. The minimum Gasteiger partial charge on any atom is -0.399 e. The largest absolute Gasteiger partial charge is 0.399 e. The molecule has 0 radical (unpaired) electrons. The third-order valence-corrected chi connectivity index (χ3v) is 5.80. The molecule has 2 rings (SSSR count). The van der Waals surface area contributed by atoms with Crippen LogP contribution < -0.4 is 5.73 Å². The summed E-state index contributed by atoms with van der Waals surface area (Å²) in [6, 6.07) is 2.68. The molecular weight excluding hydrogens is 311 g/mol. The van der Waals surface area contributed by atoms with Crippen molar-refractivity contribution in [2.75, 3.05) is 18.8 Å². The summed E-state index contributed by atoms with van der Waals surface area (Å²) in [5.41, 5.74) is 4.82. The molecule has 0 aromatic heterocycles. The highest BCUT2D eigenvalue weighted by molar-refractivity contribution is 7.89. The monoisotopic (exact) mass is 324 g/mol. The van der Waals surface area contributed by atoms with Gasteiger partial charge in [-0.25, -0.2) is 8.42 Å². The van der Waals surface area contributed by atoms with E-state index in [2.05, 4.69) is 0 Å². The van der Waals surface area contributed by atoms with E-state index in [1.165, 1.54) is 16.4 Å². The average Bonchev–Trinajstić information content (AvgIpc) is 2.57. The fourth-order valence-electron chi connectivity index (χ4n) is 2.06. The first-order valence-corrected chi connectivity index (χ1v) is 7.80. The molecule has 0 amide bonds. The van der Waals surface area contributed by atoms with E-state index in [1.807, 2.05) is 0 Å². The van der Waals surface area contributed by atoms with Gasteiger partial charge in [0.05, 0.1) is 15.6 Å². The van der Waals surface area contributed by atoms with Crippen LogP contribution in [0.1, 0.15) is 13.3 Å². The summed E-state index contributed by atoms with van der Waals surface area (Å²) >= 11 is 11.9. The minimum absolute atomic E-state index is 0.0171. The van der Waals surface area contributed by atoms with E-state index in [0.717, 1.165) is 0 Å². The van der Waals surface area contributed by atoms with Crippen LogP contribution >= 0.6 is 23.2 Å². The number of nitrogens with zero attached hydrogens (tertiary/aromatic N) is 1. The van der Waals surface area contributed by atoms with Gasteiger partial charge in [-0.1, -0.05) is 23.2 Å². The van der Waals surface area contributed by atoms with Gasteiger partial charge in [-0.3, -0.25) is 0 Å². The second kappa shape index (κ2) is 4.79. The van der Waals surface area contributed by atoms with Crippen LogP contribution in [0.2, 0.25) is 10.0 Å². The van der Waals surface area contributed by atoms with E-state index in [0.29, 0.717) is 12.1 Å². The quantitative estimate of drug-likeness (QED) is 0.811. The van der Waals surface area contributed by atoms with Gasteiger partial charge in [0.2, 0.25) is 10.0 Å². The van der Waals surface area contributed by atoms with Crippen molar-refractivity contribution in [2.24, 2.45) is 0 Å². The van der Waals surface area contributed by atoms with Gasteiger partial charge in [-0.2, -0.15) is 4.31 Å². The Bertz CT molecular complexity index is 593. The first-order chi connectivity index (χ1) is 8.63. The van der Waals surface area contributed by atoms with E-state index in [-0.39, 0.29) is 28.0 Å². The van der Waals surface area contributed by atoms with Crippen LogP contribution in [0.25, 0.3) is 0 Å². The molecule has 3 N–H and O–H groups in total. The maximum Gasteiger partial charge on any atom is 0.246 e. The topological polar surface area (TPSA) is 83.6 Å². The number of hydrogen-bond acceptors (Lipinski definition) is 4. The molecule has 5 nitrogen and oxygen atoms in total.